The van der Waals surface area contributed by atoms with E-state index in [2.05, 4.69) is 12.2 Å². The van der Waals surface area contributed by atoms with Crippen molar-refractivity contribution in [3.8, 4) is 0 Å². The van der Waals surface area contributed by atoms with Crippen LogP contribution < -0.4 is 11.1 Å². The van der Waals surface area contributed by atoms with Gasteiger partial charge in [0.25, 0.3) is 0 Å². The number of primary amides is 1. The Labute approximate surface area is 96.4 Å². The SMILES string of the molecule is CCCNCC(=O)N1CCC(C(N)=O)CC1. The molecule has 0 aromatic rings. The maximum absolute atomic E-state index is 11.7. The van der Waals surface area contributed by atoms with E-state index in [1.54, 1.807) is 0 Å². The van der Waals surface area contributed by atoms with Crippen LogP contribution in [0.4, 0.5) is 0 Å². The summed E-state index contributed by atoms with van der Waals surface area (Å²) in [7, 11) is 0. The van der Waals surface area contributed by atoms with E-state index in [9.17, 15) is 9.59 Å². The maximum Gasteiger partial charge on any atom is 0.236 e. The fourth-order valence-corrected chi connectivity index (χ4v) is 1.90. The van der Waals surface area contributed by atoms with Crippen molar-refractivity contribution in [3.63, 3.8) is 0 Å². The van der Waals surface area contributed by atoms with Crippen LogP contribution in [0.2, 0.25) is 0 Å². The maximum atomic E-state index is 11.7. The van der Waals surface area contributed by atoms with Crippen LogP contribution >= 0.6 is 0 Å². The fraction of sp³-hybridized carbons (Fsp3) is 0.818. The Hall–Kier alpha value is -1.10. The van der Waals surface area contributed by atoms with Gasteiger partial charge in [0, 0.05) is 19.0 Å². The normalized spacial score (nSPS) is 17.4. The third kappa shape index (κ3) is 3.81. The molecule has 0 bridgehead atoms. The number of nitrogens with one attached hydrogen (secondary N) is 1. The van der Waals surface area contributed by atoms with E-state index in [1.807, 2.05) is 4.90 Å². The van der Waals surface area contributed by atoms with E-state index in [-0.39, 0.29) is 17.7 Å². The van der Waals surface area contributed by atoms with E-state index in [0.717, 1.165) is 13.0 Å². The lowest BCUT2D eigenvalue weighted by Gasteiger charge is -2.30. The third-order valence-corrected chi connectivity index (χ3v) is 2.95. The fourth-order valence-electron chi connectivity index (χ4n) is 1.90. The number of carbonyl (C=O) groups excluding carboxylic acids is 2. The number of hydrogen-bond acceptors (Lipinski definition) is 3. The summed E-state index contributed by atoms with van der Waals surface area (Å²) in [6, 6.07) is 0. The van der Waals surface area contributed by atoms with Crippen LogP contribution in [0, 0.1) is 5.92 Å². The summed E-state index contributed by atoms with van der Waals surface area (Å²) >= 11 is 0. The highest BCUT2D eigenvalue weighted by molar-refractivity contribution is 5.79. The van der Waals surface area contributed by atoms with Crippen molar-refractivity contribution in [1.29, 1.82) is 0 Å². The molecule has 1 fully saturated rings. The first kappa shape index (κ1) is 13.0. The monoisotopic (exact) mass is 227 g/mol. The molecule has 3 N–H and O–H groups in total. The van der Waals surface area contributed by atoms with Crippen molar-refractivity contribution >= 4 is 11.8 Å². The van der Waals surface area contributed by atoms with Crippen LogP contribution in [0.25, 0.3) is 0 Å². The van der Waals surface area contributed by atoms with Crippen LogP contribution in [-0.4, -0.2) is 42.9 Å². The molecule has 1 rings (SSSR count). The second kappa shape index (κ2) is 6.48. The molecule has 92 valence electrons. The Balaban J connectivity index is 2.25. The molecule has 0 aromatic heterocycles. The number of nitrogens with zero attached hydrogens (tertiary/aromatic N) is 1. The van der Waals surface area contributed by atoms with Gasteiger partial charge in [-0.05, 0) is 25.8 Å². The average Bonchev–Trinajstić information content (AvgIpc) is 2.29. The van der Waals surface area contributed by atoms with Gasteiger partial charge in [0.2, 0.25) is 11.8 Å². The molecule has 0 radical (unpaired) electrons. The lowest BCUT2D eigenvalue weighted by atomic mass is 9.96. The molecule has 0 aromatic carbocycles. The number of hydrogen-bond donors (Lipinski definition) is 2. The summed E-state index contributed by atoms with van der Waals surface area (Å²) in [5.41, 5.74) is 5.23. The molecule has 0 spiro atoms. The molecular weight excluding hydrogens is 206 g/mol. The quantitative estimate of drug-likeness (QED) is 0.634. The topological polar surface area (TPSA) is 75.4 Å². The molecule has 0 aliphatic carbocycles. The Bertz CT molecular complexity index is 248. The first-order chi connectivity index (χ1) is 7.65. The molecule has 5 heteroatoms. The highest BCUT2D eigenvalue weighted by atomic mass is 16.2. The summed E-state index contributed by atoms with van der Waals surface area (Å²) in [5.74, 6) is -0.166. The Morgan fingerprint density at radius 1 is 1.38 bits per heavy atom. The molecule has 0 saturated carbocycles. The van der Waals surface area contributed by atoms with Crippen molar-refractivity contribution in [3.05, 3.63) is 0 Å². The smallest absolute Gasteiger partial charge is 0.236 e. The zero-order valence-corrected chi connectivity index (χ0v) is 9.87. The zero-order valence-electron chi connectivity index (χ0n) is 9.87. The van der Waals surface area contributed by atoms with Crippen molar-refractivity contribution in [2.24, 2.45) is 11.7 Å². The van der Waals surface area contributed by atoms with E-state index < -0.39 is 0 Å². The Morgan fingerprint density at radius 2 is 2.00 bits per heavy atom. The predicted molar refractivity (Wildman–Crippen MR) is 61.7 cm³/mol. The van der Waals surface area contributed by atoms with Gasteiger partial charge in [-0.3, -0.25) is 9.59 Å². The molecule has 1 saturated heterocycles. The summed E-state index contributed by atoms with van der Waals surface area (Å²) in [4.78, 5) is 24.5. The molecule has 0 unspecified atom stereocenters. The largest absolute Gasteiger partial charge is 0.369 e. The van der Waals surface area contributed by atoms with E-state index in [4.69, 9.17) is 5.73 Å². The van der Waals surface area contributed by atoms with E-state index in [0.29, 0.717) is 32.5 Å². The first-order valence-corrected chi connectivity index (χ1v) is 5.93. The van der Waals surface area contributed by atoms with E-state index >= 15 is 0 Å². The van der Waals surface area contributed by atoms with Crippen LogP contribution in [0.15, 0.2) is 0 Å². The van der Waals surface area contributed by atoms with Crippen LogP contribution in [-0.2, 0) is 9.59 Å². The lowest BCUT2D eigenvalue weighted by molar-refractivity contribution is -0.134. The second-order valence-corrected chi connectivity index (χ2v) is 4.23. The number of carbonyl (C=O) groups is 2. The average molecular weight is 227 g/mol. The highest BCUT2D eigenvalue weighted by Crippen LogP contribution is 2.16. The minimum Gasteiger partial charge on any atom is -0.369 e. The Kier molecular flexibility index (Phi) is 5.25. The van der Waals surface area contributed by atoms with Gasteiger partial charge >= 0.3 is 0 Å². The highest BCUT2D eigenvalue weighted by Gasteiger charge is 2.25. The minimum atomic E-state index is -0.240. The van der Waals surface area contributed by atoms with Crippen LogP contribution in [0.5, 0.6) is 0 Å². The summed E-state index contributed by atoms with van der Waals surface area (Å²) in [5, 5.41) is 3.08. The van der Waals surface area contributed by atoms with E-state index in [1.165, 1.54) is 0 Å². The Morgan fingerprint density at radius 3 is 2.50 bits per heavy atom. The molecule has 1 aliphatic rings. The molecule has 16 heavy (non-hydrogen) atoms. The molecule has 0 atom stereocenters. The van der Waals surface area contributed by atoms with Crippen molar-refractivity contribution < 1.29 is 9.59 Å². The number of piperidine rings is 1. The first-order valence-electron chi connectivity index (χ1n) is 5.93. The van der Waals surface area contributed by atoms with Gasteiger partial charge < -0.3 is 16.0 Å². The van der Waals surface area contributed by atoms with Crippen molar-refractivity contribution in [2.45, 2.75) is 26.2 Å². The summed E-state index contributed by atoms with van der Waals surface area (Å²) in [6.07, 6.45) is 2.43. The van der Waals surface area contributed by atoms with Gasteiger partial charge in [0.15, 0.2) is 0 Å². The predicted octanol–water partition coefficient (Wildman–Crippen LogP) is -0.290. The van der Waals surface area contributed by atoms with Gasteiger partial charge in [0.1, 0.15) is 0 Å². The van der Waals surface area contributed by atoms with Gasteiger partial charge in [-0.1, -0.05) is 6.92 Å². The summed E-state index contributed by atoms with van der Waals surface area (Å²) < 4.78 is 0. The second-order valence-electron chi connectivity index (χ2n) is 4.23. The standard InChI is InChI=1S/C11H21N3O2/c1-2-5-13-8-10(15)14-6-3-9(4-7-14)11(12)16/h9,13H,2-8H2,1H3,(H2,12,16). The third-order valence-electron chi connectivity index (χ3n) is 2.95. The molecule has 1 aliphatic heterocycles. The van der Waals surface area contributed by atoms with Crippen molar-refractivity contribution in [1.82, 2.24) is 10.2 Å². The lowest BCUT2D eigenvalue weighted by Crippen LogP contribution is -2.45. The van der Waals surface area contributed by atoms with Gasteiger partial charge in [-0.15, -0.1) is 0 Å². The van der Waals surface area contributed by atoms with Gasteiger partial charge in [-0.2, -0.15) is 0 Å². The zero-order chi connectivity index (χ0) is 12.0. The number of likely N-dealkylation sites (tertiary alicyclic amines) is 1. The van der Waals surface area contributed by atoms with Crippen LogP contribution in [0.1, 0.15) is 26.2 Å². The number of nitrogens with two attached hydrogens (primary N) is 1. The molecule has 2 amide bonds. The van der Waals surface area contributed by atoms with Crippen LogP contribution in [0.3, 0.4) is 0 Å². The molecule has 5 nitrogen and oxygen atoms in total. The summed E-state index contributed by atoms with van der Waals surface area (Å²) in [6.45, 7) is 4.63. The molecule has 1 heterocycles. The number of rotatable bonds is 5. The molecular formula is C11H21N3O2. The van der Waals surface area contributed by atoms with Gasteiger partial charge in [-0.25, -0.2) is 0 Å². The van der Waals surface area contributed by atoms with Crippen molar-refractivity contribution in [2.75, 3.05) is 26.2 Å². The van der Waals surface area contributed by atoms with Gasteiger partial charge in [0.05, 0.1) is 6.54 Å². The minimum absolute atomic E-state index is 0.0485. The number of amides is 2.